The van der Waals surface area contributed by atoms with Gasteiger partial charge < -0.3 is 15.0 Å². The second-order valence-corrected chi connectivity index (χ2v) is 7.34. The second kappa shape index (κ2) is 6.49. The van der Waals surface area contributed by atoms with Gasteiger partial charge in [-0.15, -0.1) is 0 Å². The smallest absolute Gasteiger partial charge is 0.410 e. The van der Waals surface area contributed by atoms with Crippen LogP contribution in [0, 0.1) is 11.3 Å². The van der Waals surface area contributed by atoms with Gasteiger partial charge in [-0.1, -0.05) is 0 Å². The first-order chi connectivity index (χ1) is 10.7. The fraction of sp³-hybridized carbons (Fsp3) is 0.556. The van der Waals surface area contributed by atoms with Crippen LogP contribution >= 0.6 is 0 Å². The molecule has 1 N–H and O–H groups in total. The first kappa shape index (κ1) is 17.1. The van der Waals surface area contributed by atoms with Gasteiger partial charge >= 0.3 is 6.09 Å². The van der Waals surface area contributed by atoms with E-state index in [1.165, 1.54) is 0 Å². The van der Waals surface area contributed by atoms with E-state index in [0.717, 1.165) is 18.5 Å². The molecule has 23 heavy (non-hydrogen) atoms. The number of hydrogen-bond acceptors (Lipinski definition) is 4. The van der Waals surface area contributed by atoms with E-state index in [4.69, 9.17) is 10.00 Å². The van der Waals surface area contributed by atoms with E-state index in [2.05, 4.69) is 18.3 Å². The van der Waals surface area contributed by atoms with E-state index in [9.17, 15) is 4.79 Å². The molecule has 0 unspecified atom stereocenters. The standard InChI is InChI=1S/C18H25N3O2/c1-17(2,3)23-16(22)21-11-9-18(4,10-12-21)20-15-7-5-14(13-19)6-8-15/h5-8,20H,9-12H2,1-4H3. The Labute approximate surface area is 138 Å². The van der Waals surface area contributed by atoms with Crippen LogP contribution in [0.4, 0.5) is 10.5 Å². The van der Waals surface area contributed by atoms with Gasteiger partial charge in [0.2, 0.25) is 0 Å². The molecule has 0 radical (unpaired) electrons. The number of benzene rings is 1. The topological polar surface area (TPSA) is 65.4 Å². The van der Waals surface area contributed by atoms with Gasteiger partial charge in [0.05, 0.1) is 11.6 Å². The summed E-state index contributed by atoms with van der Waals surface area (Å²) in [6.45, 7) is 9.16. The lowest BCUT2D eigenvalue weighted by atomic mass is 9.89. The van der Waals surface area contributed by atoms with Gasteiger partial charge in [-0.05, 0) is 64.8 Å². The highest BCUT2D eigenvalue weighted by atomic mass is 16.6. The molecule has 0 atom stereocenters. The summed E-state index contributed by atoms with van der Waals surface area (Å²) in [4.78, 5) is 13.9. The summed E-state index contributed by atoms with van der Waals surface area (Å²) < 4.78 is 5.43. The molecule has 1 fully saturated rings. The SMILES string of the molecule is CC1(Nc2ccc(C#N)cc2)CCN(C(=O)OC(C)(C)C)CC1. The number of hydrogen-bond donors (Lipinski definition) is 1. The molecule has 1 aromatic rings. The minimum atomic E-state index is -0.460. The highest BCUT2D eigenvalue weighted by molar-refractivity contribution is 5.68. The van der Waals surface area contributed by atoms with Crippen molar-refractivity contribution in [1.29, 1.82) is 5.26 Å². The first-order valence-corrected chi connectivity index (χ1v) is 7.97. The predicted octanol–water partition coefficient (Wildman–Crippen LogP) is 3.76. The van der Waals surface area contributed by atoms with Gasteiger partial charge in [-0.3, -0.25) is 0 Å². The predicted molar refractivity (Wildman–Crippen MR) is 90.2 cm³/mol. The quantitative estimate of drug-likeness (QED) is 0.902. The molecule has 2 rings (SSSR count). The molecule has 1 aromatic carbocycles. The number of nitrogens with one attached hydrogen (secondary N) is 1. The van der Waals surface area contributed by atoms with Gasteiger partial charge in [-0.25, -0.2) is 4.79 Å². The Balaban J connectivity index is 1.91. The zero-order valence-corrected chi connectivity index (χ0v) is 14.3. The van der Waals surface area contributed by atoms with E-state index in [1.54, 1.807) is 4.90 Å². The van der Waals surface area contributed by atoms with E-state index >= 15 is 0 Å². The van der Waals surface area contributed by atoms with E-state index < -0.39 is 5.60 Å². The molecule has 0 spiro atoms. The van der Waals surface area contributed by atoms with Gasteiger partial charge in [0.25, 0.3) is 0 Å². The number of carbonyl (C=O) groups is 1. The Hall–Kier alpha value is -2.22. The maximum atomic E-state index is 12.1. The van der Waals surface area contributed by atoms with Crippen LogP contribution < -0.4 is 5.32 Å². The number of carbonyl (C=O) groups excluding carboxylic acids is 1. The third-order valence-corrected chi connectivity index (χ3v) is 3.98. The third kappa shape index (κ3) is 4.88. The van der Waals surface area contributed by atoms with Crippen LogP contribution in [0.3, 0.4) is 0 Å². The molecule has 124 valence electrons. The summed E-state index contributed by atoms with van der Waals surface area (Å²) >= 11 is 0. The number of amides is 1. The average Bonchev–Trinajstić information content (AvgIpc) is 2.46. The molecule has 0 aliphatic carbocycles. The van der Waals surface area contributed by atoms with Crippen molar-refractivity contribution in [2.75, 3.05) is 18.4 Å². The minimum Gasteiger partial charge on any atom is -0.444 e. The van der Waals surface area contributed by atoms with Crippen molar-refractivity contribution in [3.8, 4) is 6.07 Å². The summed E-state index contributed by atoms with van der Waals surface area (Å²) in [5, 5.41) is 12.4. The fourth-order valence-electron chi connectivity index (χ4n) is 2.61. The van der Waals surface area contributed by atoms with Crippen molar-refractivity contribution in [3.05, 3.63) is 29.8 Å². The molecule has 0 bridgehead atoms. The number of likely N-dealkylation sites (tertiary alicyclic amines) is 1. The van der Waals surface area contributed by atoms with Crippen molar-refractivity contribution in [1.82, 2.24) is 4.90 Å². The normalized spacial score (nSPS) is 17.3. The van der Waals surface area contributed by atoms with Gasteiger partial charge in [-0.2, -0.15) is 5.26 Å². The summed E-state index contributed by atoms with van der Waals surface area (Å²) in [7, 11) is 0. The molecule has 1 heterocycles. The van der Waals surface area contributed by atoms with Crippen LogP contribution in [-0.2, 0) is 4.74 Å². The van der Waals surface area contributed by atoms with Crippen molar-refractivity contribution >= 4 is 11.8 Å². The van der Waals surface area contributed by atoms with Gasteiger partial charge in [0, 0.05) is 24.3 Å². The first-order valence-electron chi connectivity index (χ1n) is 7.97. The number of rotatable bonds is 2. The largest absolute Gasteiger partial charge is 0.444 e. The van der Waals surface area contributed by atoms with Gasteiger partial charge in [0.15, 0.2) is 0 Å². The van der Waals surface area contributed by atoms with Crippen molar-refractivity contribution < 1.29 is 9.53 Å². The Morgan fingerprint density at radius 1 is 1.26 bits per heavy atom. The molecular weight excluding hydrogens is 290 g/mol. The van der Waals surface area contributed by atoms with E-state index in [-0.39, 0.29) is 11.6 Å². The number of piperidine rings is 1. The fourth-order valence-corrected chi connectivity index (χ4v) is 2.61. The maximum Gasteiger partial charge on any atom is 0.410 e. The van der Waals surface area contributed by atoms with Crippen LogP contribution in [0.1, 0.15) is 46.1 Å². The Morgan fingerprint density at radius 2 is 1.83 bits per heavy atom. The minimum absolute atomic E-state index is 0.0628. The third-order valence-electron chi connectivity index (χ3n) is 3.98. The molecule has 1 amide bonds. The van der Waals surface area contributed by atoms with Crippen molar-refractivity contribution in [2.45, 2.75) is 51.7 Å². The summed E-state index contributed by atoms with van der Waals surface area (Å²) in [6.07, 6.45) is 1.47. The lowest BCUT2D eigenvalue weighted by Gasteiger charge is -2.40. The molecule has 1 aliphatic heterocycles. The van der Waals surface area contributed by atoms with E-state index in [0.29, 0.717) is 18.7 Å². The Bertz CT molecular complexity index is 588. The van der Waals surface area contributed by atoms with Crippen LogP contribution in [0.5, 0.6) is 0 Å². The molecule has 5 heteroatoms. The number of nitriles is 1. The van der Waals surface area contributed by atoms with Crippen LogP contribution in [0.15, 0.2) is 24.3 Å². The van der Waals surface area contributed by atoms with Crippen molar-refractivity contribution in [3.63, 3.8) is 0 Å². The summed E-state index contributed by atoms with van der Waals surface area (Å²) in [6, 6.07) is 9.57. The van der Waals surface area contributed by atoms with Crippen LogP contribution in [0.25, 0.3) is 0 Å². The van der Waals surface area contributed by atoms with Gasteiger partial charge in [0.1, 0.15) is 5.60 Å². The highest BCUT2D eigenvalue weighted by Gasteiger charge is 2.33. The van der Waals surface area contributed by atoms with Crippen LogP contribution in [-0.4, -0.2) is 35.2 Å². The second-order valence-electron chi connectivity index (χ2n) is 7.34. The molecule has 0 saturated carbocycles. The lowest BCUT2D eigenvalue weighted by molar-refractivity contribution is 0.0184. The number of anilines is 1. The highest BCUT2D eigenvalue weighted by Crippen LogP contribution is 2.27. The summed E-state index contributed by atoms with van der Waals surface area (Å²) in [5.41, 5.74) is 1.13. The Morgan fingerprint density at radius 3 is 2.30 bits per heavy atom. The molecule has 1 saturated heterocycles. The van der Waals surface area contributed by atoms with Crippen molar-refractivity contribution in [2.24, 2.45) is 0 Å². The monoisotopic (exact) mass is 315 g/mol. The number of nitrogens with zero attached hydrogens (tertiary/aromatic N) is 2. The zero-order chi connectivity index (χ0) is 17.1. The van der Waals surface area contributed by atoms with E-state index in [1.807, 2.05) is 45.0 Å². The molecule has 5 nitrogen and oxygen atoms in total. The molecular formula is C18H25N3O2. The molecule has 1 aliphatic rings. The summed E-state index contributed by atoms with van der Waals surface area (Å²) in [5.74, 6) is 0. The number of ether oxygens (including phenoxy) is 1. The lowest BCUT2D eigenvalue weighted by Crippen LogP contribution is -2.50. The zero-order valence-electron chi connectivity index (χ0n) is 14.3. The maximum absolute atomic E-state index is 12.1. The van der Waals surface area contributed by atoms with Crippen LogP contribution in [0.2, 0.25) is 0 Å². The average molecular weight is 315 g/mol. The Kier molecular flexibility index (Phi) is 4.84. The molecule has 0 aromatic heterocycles.